The summed E-state index contributed by atoms with van der Waals surface area (Å²) in [5.74, 6) is -0.985. The normalized spacial score (nSPS) is 19.5. The molecular weight excluding hydrogens is 383 g/mol. The molecule has 0 aliphatic carbocycles. The number of aryl methyl sites for hydroxylation is 1. The summed E-state index contributed by atoms with van der Waals surface area (Å²) in [6.07, 6.45) is 2.19. The molecule has 1 aromatic carbocycles. The first-order valence-electron chi connectivity index (χ1n) is 9.39. The van der Waals surface area contributed by atoms with Crippen molar-refractivity contribution in [2.75, 3.05) is 13.1 Å². The summed E-state index contributed by atoms with van der Waals surface area (Å²) in [7, 11) is 0. The summed E-state index contributed by atoms with van der Waals surface area (Å²) in [5.41, 5.74) is 2.33. The van der Waals surface area contributed by atoms with Gasteiger partial charge in [0.05, 0.1) is 0 Å². The van der Waals surface area contributed by atoms with Crippen LogP contribution in [0.4, 0.5) is 4.39 Å². The number of aromatic amines is 1. The lowest BCUT2D eigenvalue weighted by Gasteiger charge is -2.37. The molecule has 3 rings (SSSR count). The van der Waals surface area contributed by atoms with E-state index in [4.69, 9.17) is 4.42 Å². The maximum absolute atomic E-state index is 14.5. The van der Waals surface area contributed by atoms with E-state index in [1.54, 1.807) is 6.07 Å². The third kappa shape index (κ3) is 4.76. The summed E-state index contributed by atoms with van der Waals surface area (Å²) in [5, 5.41) is 6.10. The maximum atomic E-state index is 14.5. The van der Waals surface area contributed by atoms with Crippen LogP contribution in [-0.4, -0.2) is 31.8 Å². The topological polar surface area (TPSA) is 91.2 Å². The SMILES string of the molecule is Cc1ccc(F)c(CC(NS(=O)N2CCCC(C)(C)C2)c2n[nH]c(=O)o2)c1C. The van der Waals surface area contributed by atoms with E-state index >= 15 is 0 Å². The molecule has 28 heavy (non-hydrogen) atoms. The second kappa shape index (κ2) is 8.26. The minimum absolute atomic E-state index is 0.0647. The highest BCUT2D eigenvalue weighted by molar-refractivity contribution is 7.80. The fourth-order valence-corrected chi connectivity index (χ4v) is 4.91. The first-order valence-corrected chi connectivity index (χ1v) is 10.5. The summed E-state index contributed by atoms with van der Waals surface area (Å²) >= 11 is -1.52. The van der Waals surface area contributed by atoms with Crippen molar-refractivity contribution in [1.82, 2.24) is 19.2 Å². The predicted molar refractivity (Wildman–Crippen MR) is 105 cm³/mol. The highest BCUT2D eigenvalue weighted by atomic mass is 32.2. The van der Waals surface area contributed by atoms with Crippen molar-refractivity contribution in [2.45, 2.75) is 53.0 Å². The first kappa shape index (κ1) is 20.9. The number of H-pyrrole nitrogens is 1. The van der Waals surface area contributed by atoms with E-state index < -0.39 is 23.0 Å². The van der Waals surface area contributed by atoms with E-state index in [1.165, 1.54) is 6.07 Å². The van der Waals surface area contributed by atoms with Crippen LogP contribution in [0.5, 0.6) is 0 Å². The number of hydrogen-bond acceptors (Lipinski definition) is 4. The molecule has 7 nitrogen and oxygen atoms in total. The Kier molecular flexibility index (Phi) is 6.16. The largest absolute Gasteiger partial charge is 0.434 e. The predicted octanol–water partition coefficient (Wildman–Crippen LogP) is 2.69. The maximum Gasteiger partial charge on any atom is 0.434 e. The molecule has 1 aromatic heterocycles. The first-order chi connectivity index (χ1) is 13.2. The Bertz CT molecular complexity index is 924. The van der Waals surface area contributed by atoms with Gasteiger partial charge in [-0.15, -0.1) is 5.10 Å². The van der Waals surface area contributed by atoms with Gasteiger partial charge in [0.1, 0.15) is 11.9 Å². The van der Waals surface area contributed by atoms with Crippen molar-refractivity contribution in [3.05, 3.63) is 51.1 Å². The molecule has 0 radical (unpaired) electrons. The highest BCUT2D eigenvalue weighted by Gasteiger charge is 2.31. The summed E-state index contributed by atoms with van der Waals surface area (Å²) in [6, 6.07) is 2.43. The number of benzene rings is 1. The van der Waals surface area contributed by atoms with Crippen LogP contribution >= 0.6 is 0 Å². The Hall–Kier alpha value is -1.84. The number of hydrogen-bond donors (Lipinski definition) is 2. The van der Waals surface area contributed by atoms with E-state index in [-0.39, 0.29) is 23.5 Å². The van der Waals surface area contributed by atoms with Crippen LogP contribution < -0.4 is 10.5 Å². The third-order valence-electron chi connectivity index (χ3n) is 5.32. The van der Waals surface area contributed by atoms with Gasteiger partial charge < -0.3 is 4.42 Å². The van der Waals surface area contributed by atoms with Crippen LogP contribution in [0.2, 0.25) is 0 Å². The fourth-order valence-electron chi connectivity index (χ4n) is 3.57. The van der Waals surface area contributed by atoms with Crippen LogP contribution in [0.3, 0.4) is 0 Å². The minimum atomic E-state index is -1.52. The van der Waals surface area contributed by atoms with Gasteiger partial charge in [0.15, 0.2) is 11.2 Å². The lowest BCUT2D eigenvalue weighted by molar-refractivity contribution is 0.191. The molecule has 2 aromatic rings. The molecule has 9 heteroatoms. The van der Waals surface area contributed by atoms with E-state index in [0.29, 0.717) is 18.7 Å². The average molecular weight is 411 g/mol. The molecule has 0 bridgehead atoms. The second-order valence-electron chi connectivity index (χ2n) is 8.17. The Balaban J connectivity index is 1.85. The zero-order valence-electron chi connectivity index (χ0n) is 16.7. The van der Waals surface area contributed by atoms with Crippen LogP contribution in [0.15, 0.2) is 21.3 Å². The number of aromatic nitrogens is 2. The number of rotatable bonds is 6. The molecule has 1 fully saturated rings. The molecule has 0 saturated carbocycles. The molecule has 1 saturated heterocycles. The fraction of sp³-hybridized carbons (Fsp3) is 0.579. The van der Waals surface area contributed by atoms with Gasteiger partial charge >= 0.3 is 5.76 Å². The molecule has 154 valence electrons. The molecule has 1 aliphatic rings. The molecule has 2 heterocycles. The van der Waals surface area contributed by atoms with Crippen molar-refractivity contribution < 1.29 is 13.0 Å². The van der Waals surface area contributed by atoms with E-state index in [1.807, 2.05) is 18.2 Å². The minimum Gasteiger partial charge on any atom is -0.391 e. The van der Waals surface area contributed by atoms with Crippen molar-refractivity contribution in [3.63, 3.8) is 0 Å². The molecule has 2 N–H and O–H groups in total. The van der Waals surface area contributed by atoms with E-state index in [9.17, 15) is 13.4 Å². The number of nitrogens with one attached hydrogen (secondary N) is 2. The molecule has 2 atom stereocenters. The zero-order chi connectivity index (χ0) is 20.5. The number of piperidine rings is 1. The number of nitrogens with zero attached hydrogens (tertiary/aromatic N) is 2. The molecule has 2 unspecified atom stereocenters. The van der Waals surface area contributed by atoms with Gasteiger partial charge in [0.2, 0.25) is 5.89 Å². The van der Waals surface area contributed by atoms with Gasteiger partial charge in [-0.2, -0.15) is 0 Å². The molecule has 1 aliphatic heterocycles. The highest BCUT2D eigenvalue weighted by Crippen LogP contribution is 2.30. The van der Waals surface area contributed by atoms with Gasteiger partial charge in [-0.1, -0.05) is 19.9 Å². The monoisotopic (exact) mass is 410 g/mol. The quantitative estimate of drug-likeness (QED) is 0.766. The Morgan fingerprint density at radius 2 is 2.18 bits per heavy atom. The molecule has 0 spiro atoms. The Morgan fingerprint density at radius 3 is 2.82 bits per heavy atom. The summed E-state index contributed by atoms with van der Waals surface area (Å²) in [4.78, 5) is 11.4. The van der Waals surface area contributed by atoms with E-state index in [0.717, 1.165) is 24.0 Å². The van der Waals surface area contributed by atoms with Gasteiger partial charge in [-0.25, -0.2) is 27.5 Å². The van der Waals surface area contributed by atoms with Gasteiger partial charge in [-0.05, 0) is 54.9 Å². The van der Waals surface area contributed by atoms with Crippen molar-refractivity contribution in [3.8, 4) is 0 Å². The standard InChI is InChI=1S/C19H27FN4O3S/c1-12-6-7-15(20)14(13(12)2)10-16(17-21-22-18(25)27-17)23-28(26)24-9-5-8-19(3,4)11-24/h6-7,16,23H,5,8-11H2,1-4H3,(H,22,25). The Labute approximate surface area is 166 Å². The second-order valence-corrected chi connectivity index (χ2v) is 9.42. The van der Waals surface area contributed by atoms with E-state index in [2.05, 4.69) is 28.8 Å². The summed E-state index contributed by atoms with van der Waals surface area (Å²) < 4.78 is 37.4. The van der Waals surface area contributed by atoms with Crippen LogP contribution in [-0.2, 0) is 17.6 Å². The van der Waals surface area contributed by atoms with Crippen LogP contribution in [0.1, 0.15) is 55.3 Å². The zero-order valence-corrected chi connectivity index (χ0v) is 17.5. The summed E-state index contributed by atoms with van der Waals surface area (Å²) in [6.45, 7) is 9.43. The molecular formula is C19H27FN4O3S. The molecule has 0 amide bonds. The van der Waals surface area contributed by atoms with Crippen molar-refractivity contribution in [1.29, 1.82) is 0 Å². The van der Waals surface area contributed by atoms with Gasteiger partial charge in [0.25, 0.3) is 0 Å². The van der Waals surface area contributed by atoms with Gasteiger partial charge in [-0.3, -0.25) is 0 Å². The van der Waals surface area contributed by atoms with Crippen molar-refractivity contribution in [2.24, 2.45) is 5.41 Å². The van der Waals surface area contributed by atoms with Crippen LogP contribution in [0.25, 0.3) is 0 Å². The Morgan fingerprint density at radius 1 is 1.43 bits per heavy atom. The van der Waals surface area contributed by atoms with Crippen molar-refractivity contribution >= 4 is 11.2 Å². The third-order valence-corrected chi connectivity index (χ3v) is 6.58. The lowest BCUT2D eigenvalue weighted by Crippen LogP contribution is -2.46. The smallest absolute Gasteiger partial charge is 0.391 e. The van der Waals surface area contributed by atoms with Gasteiger partial charge in [0, 0.05) is 19.5 Å². The number of halogens is 1. The lowest BCUT2D eigenvalue weighted by atomic mass is 9.85. The van der Waals surface area contributed by atoms with Crippen LogP contribution in [0, 0.1) is 25.1 Å². The average Bonchev–Trinajstić information content (AvgIpc) is 3.06.